The van der Waals surface area contributed by atoms with Crippen LogP contribution in [-0.2, 0) is 4.79 Å². The van der Waals surface area contributed by atoms with Gasteiger partial charge in [-0.15, -0.1) is 0 Å². The summed E-state index contributed by atoms with van der Waals surface area (Å²) in [7, 11) is 4.43. The summed E-state index contributed by atoms with van der Waals surface area (Å²) < 4.78 is 21.3. The summed E-state index contributed by atoms with van der Waals surface area (Å²) in [5.41, 5.74) is 0.838. The predicted octanol–water partition coefficient (Wildman–Crippen LogP) is 4.53. The standard InChI is InChI=1S/C27H30N2O6/c1-17-7-5-6-8-21(17)29-26(30)20(16-28)13-18-9-11-23(24(14-18)33-3)35-27(31)19-10-12-22(32-2)25(15-19)34-4/h9-15,17,21H,5-8H2,1-4H3,(H,29,30)/b20-13+. The van der Waals surface area contributed by atoms with Gasteiger partial charge in [-0.1, -0.05) is 25.8 Å². The van der Waals surface area contributed by atoms with Crippen molar-refractivity contribution in [1.82, 2.24) is 5.32 Å². The summed E-state index contributed by atoms with van der Waals surface area (Å²) >= 11 is 0. The van der Waals surface area contributed by atoms with Gasteiger partial charge in [0.05, 0.1) is 26.9 Å². The maximum Gasteiger partial charge on any atom is 0.343 e. The van der Waals surface area contributed by atoms with E-state index >= 15 is 0 Å². The van der Waals surface area contributed by atoms with Gasteiger partial charge in [-0.05, 0) is 60.7 Å². The van der Waals surface area contributed by atoms with Gasteiger partial charge in [0.2, 0.25) is 0 Å². The third kappa shape index (κ3) is 6.33. The van der Waals surface area contributed by atoms with E-state index in [-0.39, 0.29) is 28.7 Å². The first kappa shape index (κ1) is 25.6. The van der Waals surface area contributed by atoms with Crippen molar-refractivity contribution in [3.05, 3.63) is 53.1 Å². The summed E-state index contributed by atoms with van der Waals surface area (Å²) in [5.74, 6) is 0.759. The van der Waals surface area contributed by atoms with E-state index in [4.69, 9.17) is 18.9 Å². The second-order valence-electron chi connectivity index (χ2n) is 8.38. The maximum absolute atomic E-state index is 12.7. The van der Waals surface area contributed by atoms with Crippen LogP contribution in [0, 0.1) is 17.2 Å². The summed E-state index contributed by atoms with van der Waals surface area (Å²) in [6.45, 7) is 2.12. The first-order valence-electron chi connectivity index (χ1n) is 11.4. The summed E-state index contributed by atoms with van der Waals surface area (Å²) in [4.78, 5) is 25.4. The number of ether oxygens (including phenoxy) is 4. The molecule has 0 saturated heterocycles. The minimum atomic E-state index is -0.605. The highest BCUT2D eigenvalue weighted by Gasteiger charge is 2.24. The Kier molecular flexibility index (Phi) is 8.74. The molecule has 1 N–H and O–H groups in total. The Morgan fingerprint density at radius 3 is 2.26 bits per heavy atom. The average Bonchev–Trinajstić information content (AvgIpc) is 2.88. The average molecular weight is 479 g/mol. The van der Waals surface area contributed by atoms with Gasteiger partial charge in [0, 0.05) is 6.04 Å². The van der Waals surface area contributed by atoms with E-state index in [1.807, 2.05) is 6.07 Å². The van der Waals surface area contributed by atoms with E-state index in [1.54, 1.807) is 30.3 Å². The molecular weight excluding hydrogens is 448 g/mol. The normalized spacial score (nSPS) is 17.6. The number of benzene rings is 2. The minimum absolute atomic E-state index is 0.0000934. The number of carbonyl (C=O) groups excluding carboxylic acids is 2. The van der Waals surface area contributed by atoms with E-state index in [0.717, 1.165) is 25.7 Å². The van der Waals surface area contributed by atoms with E-state index in [0.29, 0.717) is 23.0 Å². The van der Waals surface area contributed by atoms with Crippen LogP contribution in [0.3, 0.4) is 0 Å². The molecule has 2 aromatic rings. The van der Waals surface area contributed by atoms with Crippen molar-refractivity contribution < 1.29 is 28.5 Å². The molecule has 2 aromatic carbocycles. The predicted molar refractivity (Wildman–Crippen MR) is 131 cm³/mol. The molecule has 1 aliphatic rings. The lowest BCUT2D eigenvalue weighted by Gasteiger charge is -2.29. The minimum Gasteiger partial charge on any atom is -0.493 e. The number of nitrogens with zero attached hydrogens (tertiary/aromatic N) is 1. The van der Waals surface area contributed by atoms with Crippen LogP contribution in [0.1, 0.15) is 48.5 Å². The number of nitrogens with one attached hydrogen (secondary N) is 1. The highest BCUT2D eigenvalue weighted by Crippen LogP contribution is 2.32. The number of rotatable bonds is 8. The van der Waals surface area contributed by atoms with Crippen molar-refractivity contribution in [2.45, 2.75) is 38.6 Å². The van der Waals surface area contributed by atoms with Gasteiger partial charge in [0.25, 0.3) is 5.91 Å². The van der Waals surface area contributed by atoms with Crippen LogP contribution in [0.25, 0.3) is 6.08 Å². The van der Waals surface area contributed by atoms with Crippen molar-refractivity contribution in [1.29, 1.82) is 5.26 Å². The number of nitriles is 1. The maximum atomic E-state index is 12.7. The SMILES string of the molecule is COc1ccc(C(=O)Oc2ccc(/C=C(\C#N)C(=O)NC3CCCCC3C)cc2OC)cc1OC. The number of carbonyl (C=O) groups is 2. The van der Waals surface area contributed by atoms with Crippen LogP contribution in [0.4, 0.5) is 0 Å². The molecule has 8 heteroatoms. The van der Waals surface area contributed by atoms with Gasteiger partial charge < -0.3 is 24.3 Å². The lowest BCUT2D eigenvalue weighted by atomic mass is 9.86. The second kappa shape index (κ2) is 11.9. The van der Waals surface area contributed by atoms with Crippen molar-refractivity contribution in [2.75, 3.05) is 21.3 Å². The fraction of sp³-hybridized carbons (Fsp3) is 0.370. The smallest absolute Gasteiger partial charge is 0.343 e. The van der Waals surface area contributed by atoms with Gasteiger partial charge in [0.15, 0.2) is 23.0 Å². The van der Waals surface area contributed by atoms with Crippen LogP contribution >= 0.6 is 0 Å². The zero-order valence-electron chi connectivity index (χ0n) is 20.4. The topological polar surface area (TPSA) is 107 Å². The van der Waals surface area contributed by atoms with Crippen molar-refractivity contribution in [2.24, 2.45) is 5.92 Å². The number of methoxy groups -OCH3 is 3. The molecule has 0 bridgehead atoms. The first-order chi connectivity index (χ1) is 16.9. The second-order valence-corrected chi connectivity index (χ2v) is 8.38. The fourth-order valence-electron chi connectivity index (χ4n) is 4.07. The molecule has 1 fully saturated rings. The third-order valence-corrected chi connectivity index (χ3v) is 6.11. The highest BCUT2D eigenvalue weighted by atomic mass is 16.6. The van der Waals surface area contributed by atoms with Gasteiger partial charge in [0.1, 0.15) is 11.6 Å². The van der Waals surface area contributed by atoms with Gasteiger partial charge >= 0.3 is 5.97 Å². The molecule has 0 radical (unpaired) electrons. The molecule has 0 heterocycles. The molecule has 8 nitrogen and oxygen atoms in total. The number of amides is 1. The van der Waals surface area contributed by atoms with Gasteiger partial charge in [-0.25, -0.2) is 4.79 Å². The lowest BCUT2D eigenvalue weighted by Crippen LogP contribution is -2.41. The third-order valence-electron chi connectivity index (χ3n) is 6.11. The molecule has 0 aliphatic heterocycles. The molecule has 0 aromatic heterocycles. The first-order valence-corrected chi connectivity index (χ1v) is 11.4. The van der Waals surface area contributed by atoms with E-state index < -0.39 is 11.9 Å². The van der Waals surface area contributed by atoms with E-state index in [1.165, 1.54) is 33.5 Å². The van der Waals surface area contributed by atoms with Gasteiger partial charge in [-0.2, -0.15) is 5.26 Å². The molecule has 35 heavy (non-hydrogen) atoms. The van der Waals surface area contributed by atoms with Crippen LogP contribution in [0.2, 0.25) is 0 Å². The van der Waals surface area contributed by atoms with Gasteiger partial charge in [-0.3, -0.25) is 4.79 Å². The van der Waals surface area contributed by atoms with Crippen molar-refractivity contribution in [3.63, 3.8) is 0 Å². The molecule has 1 saturated carbocycles. The number of hydrogen-bond donors (Lipinski definition) is 1. The Hall–Kier alpha value is -3.99. The Bertz CT molecular complexity index is 1150. The Morgan fingerprint density at radius 2 is 1.60 bits per heavy atom. The summed E-state index contributed by atoms with van der Waals surface area (Å²) in [6.07, 6.45) is 5.71. The van der Waals surface area contributed by atoms with E-state index in [2.05, 4.69) is 12.2 Å². The molecule has 0 spiro atoms. The summed E-state index contributed by atoms with van der Waals surface area (Å²) in [5, 5.41) is 12.6. The molecule has 2 unspecified atom stereocenters. The van der Waals surface area contributed by atoms with Crippen LogP contribution in [0.15, 0.2) is 42.0 Å². The molecule has 1 amide bonds. The zero-order valence-corrected chi connectivity index (χ0v) is 20.4. The quantitative estimate of drug-likeness (QED) is 0.257. The largest absolute Gasteiger partial charge is 0.493 e. The lowest BCUT2D eigenvalue weighted by molar-refractivity contribution is -0.118. The highest BCUT2D eigenvalue weighted by molar-refractivity contribution is 6.02. The Balaban J connectivity index is 1.77. The molecule has 184 valence electrons. The Morgan fingerprint density at radius 1 is 0.943 bits per heavy atom. The monoisotopic (exact) mass is 478 g/mol. The van der Waals surface area contributed by atoms with Crippen LogP contribution < -0.4 is 24.3 Å². The van der Waals surface area contributed by atoms with Crippen LogP contribution in [-0.4, -0.2) is 39.2 Å². The van der Waals surface area contributed by atoms with E-state index in [9.17, 15) is 14.9 Å². The molecule has 3 rings (SSSR count). The molecule has 2 atom stereocenters. The Labute approximate surface area is 205 Å². The fourth-order valence-corrected chi connectivity index (χ4v) is 4.07. The number of hydrogen-bond acceptors (Lipinski definition) is 7. The van der Waals surface area contributed by atoms with Crippen LogP contribution in [0.5, 0.6) is 23.0 Å². The molecular formula is C27H30N2O6. The molecule has 1 aliphatic carbocycles. The van der Waals surface area contributed by atoms with Crippen molar-refractivity contribution >= 4 is 18.0 Å². The van der Waals surface area contributed by atoms with Crippen molar-refractivity contribution in [3.8, 4) is 29.1 Å². The number of esters is 1. The summed E-state index contributed by atoms with van der Waals surface area (Å²) in [6, 6.07) is 11.6. The zero-order chi connectivity index (χ0) is 25.4.